The number of hydrogen-bond donors (Lipinski definition) is 1. The summed E-state index contributed by atoms with van der Waals surface area (Å²) in [5.74, 6) is 0. The number of benzene rings is 1. The van der Waals surface area contributed by atoms with Crippen molar-refractivity contribution in [3.8, 4) is 0 Å². The van der Waals surface area contributed by atoms with Crippen molar-refractivity contribution in [3.63, 3.8) is 0 Å². The van der Waals surface area contributed by atoms with Gasteiger partial charge in [0.2, 0.25) is 0 Å². The van der Waals surface area contributed by atoms with Crippen LogP contribution < -0.4 is 5.73 Å². The van der Waals surface area contributed by atoms with Crippen LogP contribution in [0, 0.1) is 0 Å². The van der Waals surface area contributed by atoms with Gasteiger partial charge in [-0.05, 0) is 31.7 Å². The van der Waals surface area contributed by atoms with Crippen LogP contribution in [0.25, 0.3) is 0 Å². The van der Waals surface area contributed by atoms with E-state index in [-0.39, 0.29) is 0 Å². The third-order valence-electron chi connectivity index (χ3n) is 2.34. The molecule has 0 atom stereocenters. The number of hydrogen-bond acceptors (Lipinski definition) is 3. The van der Waals surface area contributed by atoms with E-state index in [4.69, 9.17) is 22.1 Å². The van der Waals surface area contributed by atoms with Gasteiger partial charge in [-0.3, -0.25) is 4.90 Å². The first-order valence-corrected chi connectivity index (χ1v) is 5.81. The molecule has 0 amide bonds. The molecule has 0 aliphatic heterocycles. The molecule has 90 valence electrons. The molecule has 0 bridgehead atoms. The Bertz CT molecular complexity index is 331. The summed E-state index contributed by atoms with van der Waals surface area (Å²) >= 11 is 6.10. The quantitative estimate of drug-likeness (QED) is 0.615. The Balaban J connectivity index is 2.46. The van der Waals surface area contributed by atoms with Crippen LogP contribution >= 0.6 is 11.6 Å². The summed E-state index contributed by atoms with van der Waals surface area (Å²) in [5, 5.41) is 0.725. The molecule has 0 aliphatic rings. The highest BCUT2D eigenvalue weighted by atomic mass is 35.5. The molecule has 0 saturated heterocycles. The number of rotatable bonds is 6. The van der Waals surface area contributed by atoms with E-state index >= 15 is 0 Å². The van der Waals surface area contributed by atoms with Gasteiger partial charge in [0.15, 0.2) is 0 Å². The second-order valence-electron chi connectivity index (χ2n) is 3.79. The van der Waals surface area contributed by atoms with Crippen LogP contribution in [0.5, 0.6) is 0 Å². The van der Waals surface area contributed by atoms with Crippen LogP contribution in [0.1, 0.15) is 12.5 Å². The molecule has 0 saturated carbocycles. The highest BCUT2D eigenvalue weighted by Crippen LogP contribution is 2.20. The smallest absolute Gasteiger partial charge is 0.0593 e. The maximum Gasteiger partial charge on any atom is 0.0593 e. The molecule has 0 fully saturated rings. The standard InChI is InChI=1S/C12H19ClN2O/c1-3-16-7-6-15(2)9-10-4-5-11(14)8-12(10)13/h4-5,8H,3,6-7,9,14H2,1-2H3. The van der Waals surface area contributed by atoms with Gasteiger partial charge in [-0.25, -0.2) is 0 Å². The van der Waals surface area contributed by atoms with Gasteiger partial charge < -0.3 is 10.5 Å². The molecule has 0 heterocycles. The van der Waals surface area contributed by atoms with Crippen molar-refractivity contribution in [3.05, 3.63) is 28.8 Å². The largest absolute Gasteiger partial charge is 0.399 e. The van der Waals surface area contributed by atoms with Crippen molar-refractivity contribution < 1.29 is 4.74 Å². The van der Waals surface area contributed by atoms with Gasteiger partial charge >= 0.3 is 0 Å². The number of ether oxygens (including phenoxy) is 1. The normalized spacial score (nSPS) is 11.0. The first-order valence-electron chi connectivity index (χ1n) is 5.43. The summed E-state index contributed by atoms with van der Waals surface area (Å²) in [6.07, 6.45) is 0. The Morgan fingerprint density at radius 1 is 1.44 bits per heavy atom. The Hall–Kier alpha value is -0.770. The molecule has 0 spiro atoms. The second-order valence-corrected chi connectivity index (χ2v) is 4.19. The van der Waals surface area contributed by atoms with Crippen molar-refractivity contribution in [2.24, 2.45) is 0 Å². The number of nitrogens with two attached hydrogens (primary N) is 1. The van der Waals surface area contributed by atoms with Crippen LogP contribution in [0.15, 0.2) is 18.2 Å². The maximum absolute atomic E-state index is 6.10. The van der Waals surface area contributed by atoms with E-state index in [0.717, 1.165) is 36.9 Å². The van der Waals surface area contributed by atoms with Gasteiger partial charge in [0.25, 0.3) is 0 Å². The van der Waals surface area contributed by atoms with Crippen LogP contribution in [0.2, 0.25) is 5.02 Å². The zero-order chi connectivity index (χ0) is 12.0. The minimum atomic E-state index is 0.700. The third-order valence-corrected chi connectivity index (χ3v) is 2.69. The SMILES string of the molecule is CCOCCN(C)Cc1ccc(N)cc1Cl. The summed E-state index contributed by atoms with van der Waals surface area (Å²) in [4.78, 5) is 2.17. The Labute approximate surface area is 102 Å². The first-order chi connectivity index (χ1) is 7.63. The molecule has 1 aromatic carbocycles. The van der Waals surface area contributed by atoms with E-state index in [2.05, 4.69) is 4.90 Å². The van der Waals surface area contributed by atoms with Gasteiger partial charge in [-0.2, -0.15) is 0 Å². The van der Waals surface area contributed by atoms with Crippen molar-refractivity contribution in [1.29, 1.82) is 0 Å². The van der Waals surface area contributed by atoms with Crippen LogP contribution in [-0.4, -0.2) is 31.7 Å². The molecule has 0 aliphatic carbocycles. The van der Waals surface area contributed by atoms with Crippen molar-refractivity contribution in [2.45, 2.75) is 13.5 Å². The molecule has 2 N–H and O–H groups in total. The van der Waals surface area contributed by atoms with Crippen molar-refractivity contribution in [1.82, 2.24) is 4.90 Å². The second kappa shape index (κ2) is 6.74. The summed E-state index contributed by atoms with van der Waals surface area (Å²) in [7, 11) is 2.05. The molecule has 3 nitrogen and oxygen atoms in total. The molecule has 1 aromatic rings. The fraction of sp³-hybridized carbons (Fsp3) is 0.500. The fourth-order valence-electron chi connectivity index (χ4n) is 1.43. The number of nitrogen functional groups attached to an aromatic ring is 1. The highest BCUT2D eigenvalue weighted by molar-refractivity contribution is 6.31. The summed E-state index contributed by atoms with van der Waals surface area (Å²) in [5.41, 5.74) is 7.43. The lowest BCUT2D eigenvalue weighted by Crippen LogP contribution is -2.22. The number of anilines is 1. The fourth-order valence-corrected chi connectivity index (χ4v) is 1.68. The number of halogens is 1. The van der Waals surface area contributed by atoms with Crippen molar-refractivity contribution >= 4 is 17.3 Å². The summed E-state index contributed by atoms with van der Waals surface area (Å²) in [6.45, 7) is 5.22. The van der Waals surface area contributed by atoms with Gasteiger partial charge in [0, 0.05) is 30.4 Å². The molecule has 16 heavy (non-hydrogen) atoms. The minimum Gasteiger partial charge on any atom is -0.399 e. The Morgan fingerprint density at radius 3 is 2.81 bits per heavy atom. The lowest BCUT2D eigenvalue weighted by Gasteiger charge is -2.17. The maximum atomic E-state index is 6.10. The molecule has 0 radical (unpaired) electrons. The number of likely N-dealkylation sites (N-methyl/N-ethyl adjacent to an activating group) is 1. The lowest BCUT2D eigenvalue weighted by atomic mass is 10.2. The van der Waals surface area contributed by atoms with Gasteiger partial charge in [-0.15, -0.1) is 0 Å². The summed E-state index contributed by atoms with van der Waals surface area (Å²) in [6, 6.07) is 5.62. The predicted octanol–water partition coefficient (Wildman–Crippen LogP) is 2.39. The van der Waals surface area contributed by atoms with Gasteiger partial charge in [0.05, 0.1) is 6.61 Å². The van der Waals surface area contributed by atoms with E-state index in [9.17, 15) is 0 Å². The van der Waals surface area contributed by atoms with Crippen molar-refractivity contribution in [2.75, 3.05) is 32.5 Å². The molecule has 0 aromatic heterocycles. The van der Waals surface area contributed by atoms with E-state index in [1.165, 1.54) is 0 Å². The first kappa shape index (κ1) is 13.3. The average molecular weight is 243 g/mol. The average Bonchev–Trinajstić information content (AvgIpc) is 2.23. The van der Waals surface area contributed by atoms with Gasteiger partial charge in [0.1, 0.15) is 0 Å². The zero-order valence-corrected chi connectivity index (χ0v) is 10.6. The molecular weight excluding hydrogens is 224 g/mol. The Morgan fingerprint density at radius 2 is 2.19 bits per heavy atom. The molecule has 0 unspecified atom stereocenters. The highest BCUT2D eigenvalue weighted by Gasteiger charge is 2.04. The number of nitrogens with zero attached hydrogens (tertiary/aromatic N) is 1. The summed E-state index contributed by atoms with van der Waals surface area (Å²) < 4.78 is 5.30. The monoisotopic (exact) mass is 242 g/mol. The lowest BCUT2D eigenvalue weighted by molar-refractivity contribution is 0.120. The third kappa shape index (κ3) is 4.39. The predicted molar refractivity (Wildman–Crippen MR) is 68.7 cm³/mol. The minimum absolute atomic E-state index is 0.700. The topological polar surface area (TPSA) is 38.5 Å². The van der Waals surface area contributed by atoms with Gasteiger partial charge in [-0.1, -0.05) is 17.7 Å². The Kier molecular flexibility index (Phi) is 5.60. The molecular formula is C12H19ClN2O. The van der Waals surface area contributed by atoms with E-state index in [1.54, 1.807) is 6.07 Å². The van der Waals surface area contributed by atoms with E-state index < -0.39 is 0 Å². The van der Waals surface area contributed by atoms with E-state index in [0.29, 0.717) is 5.69 Å². The molecule has 1 rings (SSSR count). The van der Waals surface area contributed by atoms with Crippen LogP contribution in [-0.2, 0) is 11.3 Å². The van der Waals surface area contributed by atoms with Crippen LogP contribution in [0.3, 0.4) is 0 Å². The molecule has 4 heteroatoms. The zero-order valence-electron chi connectivity index (χ0n) is 9.87. The van der Waals surface area contributed by atoms with E-state index in [1.807, 2.05) is 26.1 Å². The van der Waals surface area contributed by atoms with Crippen LogP contribution in [0.4, 0.5) is 5.69 Å².